The summed E-state index contributed by atoms with van der Waals surface area (Å²) < 4.78 is 66.5. The van der Waals surface area contributed by atoms with Crippen molar-refractivity contribution in [1.29, 1.82) is 0 Å². The first-order valence-electron chi connectivity index (χ1n) is 8.28. The monoisotopic (exact) mass is 424 g/mol. The van der Waals surface area contributed by atoms with Crippen LogP contribution < -0.4 is 9.46 Å². The lowest BCUT2D eigenvalue weighted by Gasteiger charge is -2.16. The van der Waals surface area contributed by atoms with E-state index in [2.05, 4.69) is 5.92 Å². The van der Waals surface area contributed by atoms with Gasteiger partial charge in [0.2, 0.25) is 0 Å². The largest absolute Gasteiger partial charge is 0.516 e. The average Bonchev–Trinajstić information content (AvgIpc) is 2.97. The molecule has 0 bridgehead atoms. The van der Waals surface area contributed by atoms with Crippen LogP contribution >= 0.6 is 0 Å². The Hall–Kier alpha value is -3.19. The number of hydrogen-bond acceptors (Lipinski definition) is 4. The number of fused-ring (bicyclic) bond motifs is 1. The van der Waals surface area contributed by atoms with E-state index in [-0.39, 0.29) is 24.7 Å². The summed E-state index contributed by atoms with van der Waals surface area (Å²) in [5.74, 6) is 2.48. The van der Waals surface area contributed by atoms with Crippen molar-refractivity contribution >= 4 is 21.6 Å². The van der Waals surface area contributed by atoms with Crippen molar-refractivity contribution in [2.75, 3.05) is 11.3 Å². The van der Waals surface area contributed by atoms with E-state index < -0.39 is 15.5 Å². The van der Waals surface area contributed by atoms with Crippen molar-refractivity contribution in [1.82, 2.24) is 4.90 Å². The average molecular weight is 424 g/mol. The van der Waals surface area contributed by atoms with E-state index in [1.165, 1.54) is 29.0 Å². The molecular formula is C19H15F3N2O4S. The minimum atomic E-state index is -5.49. The summed E-state index contributed by atoms with van der Waals surface area (Å²) in [6, 6.07) is 10.5. The third-order valence-corrected chi connectivity index (χ3v) is 5.28. The zero-order valence-corrected chi connectivity index (χ0v) is 15.7. The number of anilines is 1. The van der Waals surface area contributed by atoms with Gasteiger partial charge in [-0.2, -0.15) is 21.6 Å². The standard InChI is InChI=1S/C19H15F3N2O4S/c1-2-10-28-16-5-3-4-14-12-24(18(25)17(14)16)11-13-6-8-15(9-7-13)23-29(26,27)19(20,21)22/h1,3-9,23H,10-12H2. The maximum atomic E-state index is 12.7. The minimum Gasteiger partial charge on any atom is -0.480 e. The Labute approximate surface area is 165 Å². The fraction of sp³-hybridized carbons (Fsp3) is 0.211. The molecule has 6 nitrogen and oxygen atoms in total. The smallest absolute Gasteiger partial charge is 0.480 e. The molecule has 1 aliphatic heterocycles. The minimum absolute atomic E-state index is 0.0268. The molecule has 10 heteroatoms. The van der Waals surface area contributed by atoms with Crippen LogP contribution in [0.1, 0.15) is 21.5 Å². The number of carbonyl (C=O) groups excluding carboxylic acids is 1. The highest BCUT2D eigenvalue weighted by Crippen LogP contribution is 2.32. The van der Waals surface area contributed by atoms with Crippen LogP contribution in [-0.2, 0) is 23.1 Å². The molecule has 1 aliphatic rings. The highest BCUT2D eigenvalue weighted by Gasteiger charge is 2.46. The number of nitrogens with one attached hydrogen (secondary N) is 1. The van der Waals surface area contributed by atoms with E-state index in [0.717, 1.165) is 5.56 Å². The molecule has 3 rings (SSSR count). The van der Waals surface area contributed by atoms with Gasteiger partial charge in [0.05, 0.1) is 5.56 Å². The Morgan fingerprint density at radius 2 is 1.86 bits per heavy atom. The van der Waals surface area contributed by atoms with Crippen LogP contribution in [0.2, 0.25) is 0 Å². The van der Waals surface area contributed by atoms with Crippen molar-refractivity contribution in [3.05, 3.63) is 59.2 Å². The number of sulfonamides is 1. The van der Waals surface area contributed by atoms with Crippen LogP contribution in [0.15, 0.2) is 42.5 Å². The van der Waals surface area contributed by atoms with Crippen LogP contribution in [0, 0.1) is 12.3 Å². The fourth-order valence-corrected chi connectivity index (χ4v) is 3.43. The second-order valence-electron chi connectivity index (χ2n) is 6.19. The molecule has 1 amide bonds. The molecule has 29 heavy (non-hydrogen) atoms. The first kappa shape index (κ1) is 20.5. The van der Waals surface area contributed by atoms with Crippen LogP contribution in [-0.4, -0.2) is 31.3 Å². The number of terminal acetylenes is 1. The number of rotatable bonds is 6. The quantitative estimate of drug-likeness (QED) is 0.723. The summed E-state index contributed by atoms with van der Waals surface area (Å²) in [7, 11) is -5.49. The van der Waals surface area contributed by atoms with E-state index in [9.17, 15) is 26.4 Å². The van der Waals surface area contributed by atoms with Crippen LogP contribution in [0.5, 0.6) is 5.75 Å². The van der Waals surface area contributed by atoms with Gasteiger partial charge >= 0.3 is 15.5 Å². The Morgan fingerprint density at radius 1 is 1.17 bits per heavy atom. The maximum Gasteiger partial charge on any atom is 0.516 e. The number of benzene rings is 2. The molecule has 0 saturated heterocycles. The third kappa shape index (κ3) is 4.30. The number of hydrogen-bond donors (Lipinski definition) is 1. The molecular weight excluding hydrogens is 409 g/mol. The molecule has 0 aromatic heterocycles. The Balaban J connectivity index is 1.72. The number of nitrogens with zero attached hydrogens (tertiary/aromatic N) is 1. The van der Waals surface area contributed by atoms with E-state index in [0.29, 0.717) is 23.4 Å². The molecule has 2 aromatic rings. The summed E-state index contributed by atoms with van der Waals surface area (Å²) in [6.45, 7) is 0.553. The normalized spacial score (nSPS) is 13.7. The molecule has 0 atom stereocenters. The van der Waals surface area contributed by atoms with Crippen LogP contribution in [0.25, 0.3) is 0 Å². The molecule has 152 valence electrons. The summed E-state index contributed by atoms with van der Waals surface area (Å²) in [5, 5.41) is 0. The zero-order valence-electron chi connectivity index (χ0n) is 14.9. The van der Waals surface area contributed by atoms with Gasteiger partial charge in [-0.1, -0.05) is 30.2 Å². The lowest BCUT2D eigenvalue weighted by molar-refractivity contribution is -0.0429. The molecule has 0 unspecified atom stereocenters. The van der Waals surface area contributed by atoms with Crippen molar-refractivity contribution in [2.45, 2.75) is 18.6 Å². The topological polar surface area (TPSA) is 75.7 Å². The maximum absolute atomic E-state index is 12.7. The first-order valence-corrected chi connectivity index (χ1v) is 9.76. The number of alkyl halides is 3. The first-order chi connectivity index (χ1) is 13.6. The van der Waals surface area contributed by atoms with E-state index >= 15 is 0 Å². The number of carbonyl (C=O) groups is 1. The van der Waals surface area contributed by atoms with Gasteiger partial charge in [0.15, 0.2) is 0 Å². The second kappa shape index (κ2) is 7.67. The predicted molar refractivity (Wildman–Crippen MR) is 99.4 cm³/mol. The van der Waals surface area contributed by atoms with Gasteiger partial charge in [0, 0.05) is 18.8 Å². The van der Waals surface area contributed by atoms with E-state index in [4.69, 9.17) is 11.2 Å². The molecule has 2 aromatic carbocycles. The van der Waals surface area contributed by atoms with Gasteiger partial charge in [0.25, 0.3) is 5.91 Å². The highest BCUT2D eigenvalue weighted by atomic mass is 32.2. The second-order valence-corrected chi connectivity index (χ2v) is 7.87. The molecule has 0 aliphatic carbocycles. The number of amides is 1. The Morgan fingerprint density at radius 3 is 2.48 bits per heavy atom. The lowest BCUT2D eigenvalue weighted by atomic mass is 10.1. The van der Waals surface area contributed by atoms with Gasteiger partial charge in [-0.25, -0.2) is 0 Å². The summed E-state index contributed by atoms with van der Waals surface area (Å²) >= 11 is 0. The van der Waals surface area contributed by atoms with Crippen LogP contribution in [0.4, 0.5) is 18.9 Å². The number of halogens is 3. The van der Waals surface area contributed by atoms with Crippen molar-refractivity contribution in [3.63, 3.8) is 0 Å². The highest BCUT2D eigenvalue weighted by molar-refractivity contribution is 7.93. The predicted octanol–water partition coefficient (Wildman–Crippen LogP) is 3.12. The fourth-order valence-electron chi connectivity index (χ4n) is 2.87. The van der Waals surface area contributed by atoms with Crippen molar-refractivity contribution < 1.29 is 31.1 Å². The van der Waals surface area contributed by atoms with E-state index in [1.807, 2.05) is 0 Å². The molecule has 0 saturated carbocycles. The lowest BCUT2D eigenvalue weighted by Crippen LogP contribution is -2.29. The molecule has 0 fully saturated rings. The van der Waals surface area contributed by atoms with Gasteiger partial charge in [-0.15, -0.1) is 6.42 Å². The van der Waals surface area contributed by atoms with Gasteiger partial charge in [-0.05, 0) is 29.3 Å². The molecule has 1 N–H and O–H groups in total. The SMILES string of the molecule is C#CCOc1cccc2c1C(=O)N(Cc1ccc(NS(=O)(=O)C(F)(F)F)cc1)C2. The van der Waals surface area contributed by atoms with Crippen LogP contribution in [0.3, 0.4) is 0 Å². The molecule has 0 radical (unpaired) electrons. The molecule has 1 heterocycles. The summed E-state index contributed by atoms with van der Waals surface area (Å²) in [5.41, 5.74) is -3.81. The number of ether oxygens (including phenoxy) is 1. The van der Waals surface area contributed by atoms with Gasteiger partial charge < -0.3 is 9.64 Å². The molecule has 0 spiro atoms. The van der Waals surface area contributed by atoms with Gasteiger partial charge in [0.1, 0.15) is 12.4 Å². The summed E-state index contributed by atoms with van der Waals surface area (Å²) in [4.78, 5) is 14.3. The van der Waals surface area contributed by atoms with E-state index in [1.54, 1.807) is 23.1 Å². The summed E-state index contributed by atoms with van der Waals surface area (Å²) in [6.07, 6.45) is 5.18. The Bertz CT molecular complexity index is 1070. The van der Waals surface area contributed by atoms with Gasteiger partial charge in [-0.3, -0.25) is 9.52 Å². The third-order valence-electron chi connectivity index (χ3n) is 4.17. The van der Waals surface area contributed by atoms with Crippen molar-refractivity contribution in [2.24, 2.45) is 0 Å². The Kier molecular flexibility index (Phi) is 5.44. The zero-order chi connectivity index (χ0) is 21.2. The van der Waals surface area contributed by atoms with Crippen molar-refractivity contribution in [3.8, 4) is 18.1 Å².